The Morgan fingerprint density at radius 1 is 1.27 bits per heavy atom. The Morgan fingerprint density at radius 2 is 1.80 bits per heavy atom. The lowest BCUT2D eigenvalue weighted by Gasteiger charge is -2.02. The number of carbonyl (C=O) groups is 1. The molecule has 1 aromatic heterocycles. The molecule has 1 rings (SSSR count). The van der Waals surface area contributed by atoms with E-state index in [0.29, 0.717) is 4.57 Å². The highest BCUT2D eigenvalue weighted by Gasteiger charge is 2.08. The summed E-state index contributed by atoms with van der Waals surface area (Å²) in [7, 11) is 0. The van der Waals surface area contributed by atoms with Crippen LogP contribution in [0.5, 0.6) is 0 Å². The Labute approximate surface area is 82.5 Å². The highest BCUT2D eigenvalue weighted by Crippen LogP contribution is 1.79. The number of hydrogen-bond acceptors (Lipinski definition) is 5. The zero-order valence-corrected chi connectivity index (χ0v) is 7.90. The fraction of sp³-hybridized carbons (Fsp3) is 0.429. The Bertz CT molecular complexity index is 488. The highest BCUT2D eigenvalue weighted by atomic mass is 16.5. The lowest BCUT2D eigenvalue weighted by Crippen LogP contribution is -2.44. The van der Waals surface area contributed by atoms with Gasteiger partial charge in [0.2, 0.25) is 0 Å². The third-order valence-electron chi connectivity index (χ3n) is 1.52. The number of esters is 1. The van der Waals surface area contributed by atoms with Crippen molar-refractivity contribution in [2.45, 2.75) is 13.5 Å². The molecule has 8 nitrogen and oxygen atoms in total. The van der Waals surface area contributed by atoms with Gasteiger partial charge >= 0.3 is 23.0 Å². The molecule has 8 heteroatoms. The van der Waals surface area contributed by atoms with Crippen LogP contribution in [0.25, 0.3) is 0 Å². The molecular formula is C7H9N3O5. The fourth-order valence-electron chi connectivity index (χ4n) is 0.932. The molecule has 0 aliphatic rings. The maximum absolute atomic E-state index is 11.1. The number of H-pyrrole nitrogens is 2. The van der Waals surface area contributed by atoms with E-state index in [2.05, 4.69) is 4.74 Å². The van der Waals surface area contributed by atoms with Gasteiger partial charge < -0.3 is 4.74 Å². The van der Waals surface area contributed by atoms with Gasteiger partial charge in [0.05, 0.1) is 6.61 Å². The predicted octanol–water partition coefficient (Wildman–Crippen LogP) is -2.21. The van der Waals surface area contributed by atoms with Gasteiger partial charge in [-0.2, -0.15) is 0 Å². The van der Waals surface area contributed by atoms with Crippen LogP contribution in [-0.4, -0.2) is 27.1 Å². The minimum absolute atomic E-state index is 0.148. The predicted molar refractivity (Wildman–Crippen MR) is 48.6 cm³/mol. The minimum Gasteiger partial charge on any atom is -0.465 e. The summed E-state index contributed by atoms with van der Waals surface area (Å²) in [5.74, 6) is -0.725. The van der Waals surface area contributed by atoms with Gasteiger partial charge in [0.25, 0.3) is 0 Å². The third kappa shape index (κ3) is 2.66. The molecule has 82 valence electrons. The van der Waals surface area contributed by atoms with Crippen molar-refractivity contribution in [2.75, 3.05) is 6.61 Å². The van der Waals surface area contributed by atoms with Crippen LogP contribution in [0.3, 0.4) is 0 Å². The van der Waals surface area contributed by atoms with Crippen molar-refractivity contribution in [1.29, 1.82) is 0 Å². The van der Waals surface area contributed by atoms with Crippen molar-refractivity contribution in [3.63, 3.8) is 0 Å². The van der Waals surface area contributed by atoms with Crippen LogP contribution in [0, 0.1) is 0 Å². The second-order valence-electron chi connectivity index (χ2n) is 2.58. The molecule has 0 unspecified atom stereocenters. The van der Waals surface area contributed by atoms with E-state index in [0.717, 1.165) is 0 Å². The number of aromatic nitrogens is 3. The van der Waals surface area contributed by atoms with Crippen LogP contribution >= 0.6 is 0 Å². The smallest absolute Gasteiger partial charge is 0.334 e. The van der Waals surface area contributed by atoms with Gasteiger partial charge in [0.1, 0.15) is 6.54 Å². The van der Waals surface area contributed by atoms with E-state index >= 15 is 0 Å². The van der Waals surface area contributed by atoms with E-state index in [9.17, 15) is 19.2 Å². The van der Waals surface area contributed by atoms with Gasteiger partial charge in [-0.25, -0.2) is 19.0 Å². The van der Waals surface area contributed by atoms with Crippen LogP contribution < -0.4 is 17.1 Å². The molecule has 2 N–H and O–H groups in total. The first-order valence-corrected chi connectivity index (χ1v) is 4.13. The molecule has 0 atom stereocenters. The Balaban J connectivity index is 3.06. The first kappa shape index (κ1) is 11.0. The van der Waals surface area contributed by atoms with E-state index in [4.69, 9.17) is 0 Å². The lowest BCUT2D eigenvalue weighted by molar-refractivity contribution is -0.144. The molecule has 0 aromatic carbocycles. The SMILES string of the molecule is CCOC(=O)Cn1c(=O)[nH]c(=O)[nH]c1=O. The molecule has 0 bridgehead atoms. The maximum Gasteiger partial charge on any atom is 0.334 e. The topological polar surface area (TPSA) is 114 Å². The monoisotopic (exact) mass is 215 g/mol. The second-order valence-corrected chi connectivity index (χ2v) is 2.58. The number of ether oxygens (including phenoxy) is 1. The molecule has 0 aliphatic carbocycles. The standard InChI is InChI=1S/C7H9N3O5/c1-2-15-4(11)3-10-6(13)8-5(12)9-7(10)14/h2-3H2,1H3,(H2,8,9,12,13,14). The number of nitrogens with zero attached hydrogens (tertiary/aromatic N) is 1. The average Bonchev–Trinajstić information content (AvgIpc) is 2.11. The van der Waals surface area contributed by atoms with Crippen LogP contribution in [0.1, 0.15) is 6.92 Å². The lowest BCUT2D eigenvalue weighted by atomic mass is 10.6. The summed E-state index contributed by atoms with van der Waals surface area (Å²) in [6, 6.07) is 0. The van der Waals surface area contributed by atoms with Crippen molar-refractivity contribution < 1.29 is 9.53 Å². The zero-order chi connectivity index (χ0) is 11.4. The van der Waals surface area contributed by atoms with Gasteiger partial charge in [-0.15, -0.1) is 0 Å². The summed E-state index contributed by atoms with van der Waals surface area (Å²) in [4.78, 5) is 47.4. The fourth-order valence-corrected chi connectivity index (χ4v) is 0.932. The number of hydrogen-bond donors (Lipinski definition) is 2. The average molecular weight is 215 g/mol. The van der Waals surface area contributed by atoms with Crippen molar-refractivity contribution >= 4 is 5.97 Å². The summed E-state index contributed by atoms with van der Waals surface area (Å²) in [6.45, 7) is 1.21. The molecule has 0 saturated carbocycles. The van der Waals surface area contributed by atoms with Crippen molar-refractivity contribution in [2.24, 2.45) is 0 Å². The van der Waals surface area contributed by atoms with Crippen LogP contribution in [0.15, 0.2) is 14.4 Å². The summed E-state index contributed by atoms with van der Waals surface area (Å²) in [5, 5.41) is 0. The van der Waals surface area contributed by atoms with E-state index in [1.54, 1.807) is 6.92 Å². The Kier molecular flexibility index (Phi) is 3.21. The first-order valence-electron chi connectivity index (χ1n) is 4.13. The summed E-state index contributed by atoms with van der Waals surface area (Å²) >= 11 is 0. The molecule has 0 spiro atoms. The first-order chi connectivity index (χ1) is 7.04. The van der Waals surface area contributed by atoms with Gasteiger partial charge in [-0.1, -0.05) is 0 Å². The van der Waals surface area contributed by atoms with Crippen molar-refractivity contribution in [3.05, 3.63) is 31.5 Å². The summed E-state index contributed by atoms with van der Waals surface area (Å²) in [5.41, 5.74) is -2.81. The van der Waals surface area contributed by atoms with Crippen molar-refractivity contribution in [1.82, 2.24) is 14.5 Å². The van der Waals surface area contributed by atoms with E-state index in [-0.39, 0.29) is 6.61 Å². The van der Waals surface area contributed by atoms with Crippen LogP contribution in [-0.2, 0) is 16.1 Å². The molecule has 1 heterocycles. The van der Waals surface area contributed by atoms with E-state index in [1.165, 1.54) is 0 Å². The molecule has 1 aromatic rings. The summed E-state index contributed by atoms with van der Waals surface area (Å²) in [6.07, 6.45) is 0. The largest absolute Gasteiger partial charge is 0.465 e. The van der Waals surface area contributed by atoms with Gasteiger partial charge in [-0.05, 0) is 6.92 Å². The van der Waals surface area contributed by atoms with Crippen LogP contribution in [0.4, 0.5) is 0 Å². The van der Waals surface area contributed by atoms with Gasteiger partial charge in [-0.3, -0.25) is 14.8 Å². The van der Waals surface area contributed by atoms with Crippen molar-refractivity contribution in [3.8, 4) is 0 Å². The minimum atomic E-state index is -0.947. The Morgan fingerprint density at radius 3 is 2.27 bits per heavy atom. The number of rotatable bonds is 3. The molecule has 0 radical (unpaired) electrons. The highest BCUT2D eigenvalue weighted by molar-refractivity contribution is 5.68. The molecule has 15 heavy (non-hydrogen) atoms. The Hall–Kier alpha value is -2.12. The summed E-state index contributed by atoms with van der Waals surface area (Å²) < 4.78 is 5.08. The van der Waals surface area contributed by atoms with Gasteiger partial charge in [0, 0.05) is 0 Å². The van der Waals surface area contributed by atoms with Crippen LogP contribution in [0.2, 0.25) is 0 Å². The normalized spacial score (nSPS) is 9.93. The van der Waals surface area contributed by atoms with E-state index in [1.807, 2.05) is 9.97 Å². The number of carbonyl (C=O) groups excluding carboxylic acids is 1. The molecule has 0 amide bonds. The molecular weight excluding hydrogens is 206 g/mol. The quantitative estimate of drug-likeness (QED) is 0.555. The zero-order valence-electron chi connectivity index (χ0n) is 7.90. The molecule has 0 saturated heterocycles. The number of nitrogens with one attached hydrogen (secondary N) is 2. The number of aromatic amines is 2. The van der Waals surface area contributed by atoms with Gasteiger partial charge in [0.15, 0.2) is 0 Å². The van der Waals surface area contributed by atoms with E-state index < -0.39 is 29.6 Å². The maximum atomic E-state index is 11.1. The molecule has 0 aliphatic heterocycles. The third-order valence-corrected chi connectivity index (χ3v) is 1.52. The molecule has 0 fully saturated rings. The second kappa shape index (κ2) is 4.40.